The number of aromatic nitrogens is 6. The maximum atomic E-state index is 11.9. The number of ketones is 1. The van der Waals surface area contributed by atoms with Crippen LogP contribution in [0.25, 0.3) is 0 Å². The van der Waals surface area contributed by atoms with Gasteiger partial charge >= 0.3 is 0 Å². The maximum Gasteiger partial charge on any atom is 0.182 e. The number of hydrogen-bond acceptors (Lipinski definition) is 6. The van der Waals surface area contributed by atoms with Gasteiger partial charge in [0.15, 0.2) is 11.6 Å². The normalized spacial score (nSPS) is 12.6. The molecule has 0 amide bonds. The van der Waals surface area contributed by atoms with E-state index in [1.54, 1.807) is 31.2 Å². The summed E-state index contributed by atoms with van der Waals surface area (Å²) in [7, 11) is 3.41. The number of aryl methyl sites for hydroxylation is 2. The molecule has 2 rings (SSSR count). The Labute approximate surface area is 97.4 Å². The molecule has 2 heterocycles. The van der Waals surface area contributed by atoms with Crippen molar-refractivity contribution in [2.45, 2.75) is 12.5 Å². The first kappa shape index (κ1) is 11.4. The van der Waals surface area contributed by atoms with E-state index in [1.165, 1.54) is 4.80 Å². The van der Waals surface area contributed by atoms with Gasteiger partial charge in [-0.15, -0.1) is 10.2 Å². The minimum atomic E-state index is -0.701. The van der Waals surface area contributed by atoms with E-state index in [4.69, 9.17) is 5.73 Å². The second kappa shape index (κ2) is 4.42. The summed E-state index contributed by atoms with van der Waals surface area (Å²) < 4.78 is 1.60. The van der Waals surface area contributed by atoms with E-state index in [1.807, 2.05) is 0 Å². The number of carbonyl (C=O) groups excluding carboxylic acids is 1. The van der Waals surface area contributed by atoms with Gasteiger partial charge in [-0.25, -0.2) is 0 Å². The van der Waals surface area contributed by atoms with Crippen molar-refractivity contribution in [3.8, 4) is 0 Å². The van der Waals surface area contributed by atoms with E-state index < -0.39 is 6.04 Å². The molecule has 0 aliphatic heterocycles. The van der Waals surface area contributed by atoms with Crippen LogP contribution in [0.1, 0.15) is 17.4 Å². The fourth-order valence-electron chi connectivity index (χ4n) is 1.45. The Hall–Kier alpha value is -2.09. The molecule has 90 valence electrons. The summed E-state index contributed by atoms with van der Waals surface area (Å²) in [4.78, 5) is 13.2. The number of tetrazole rings is 1. The van der Waals surface area contributed by atoms with Crippen LogP contribution in [0.15, 0.2) is 12.4 Å². The lowest BCUT2D eigenvalue weighted by molar-refractivity contribution is -0.119. The van der Waals surface area contributed by atoms with Gasteiger partial charge in [0.05, 0.1) is 25.7 Å². The third-order valence-corrected chi connectivity index (χ3v) is 2.31. The summed E-state index contributed by atoms with van der Waals surface area (Å²) in [5, 5.41) is 15.3. The Morgan fingerprint density at radius 2 is 2.29 bits per heavy atom. The van der Waals surface area contributed by atoms with Gasteiger partial charge < -0.3 is 5.73 Å². The minimum Gasteiger partial charge on any atom is -0.318 e. The van der Waals surface area contributed by atoms with Gasteiger partial charge in [0.2, 0.25) is 0 Å². The van der Waals surface area contributed by atoms with Crippen molar-refractivity contribution in [1.82, 2.24) is 30.0 Å². The third kappa shape index (κ3) is 2.53. The zero-order valence-corrected chi connectivity index (χ0v) is 9.61. The third-order valence-electron chi connectivity index (χ3n) is 2.31. The molecule has 0 radical (unpaired) electrons. The molecule has 0 aliphatic rings. The molecule has 8 heteroatoms. The molecule has 0 saturated carbocycles. The summed E-state index contributed by atoms with van der Waals surface area (Å²) in [5.74, 6) is 0.211. The van der Waals surface area contributed by atoms with Crippen LogP contribution in [0.3, 0.4) is 0 Å². The van der Waals surface area contributed by atoms with Gasteiger partial charge in [-0.05, 0) is 5.21 Å². The first-order chi connectivity index (χ1) is 8.06. The fourth-order valence-corrected chi connectivity index (χ4v) is 1.45. The number of rotatable bonds is 4. The first-order valence-electron chi connectivity index (χ1n) is 5.06. The average Bonchev–Trinajstić information content (AvgIpc) is 2.87. The summed E-state index contributed by atoms with van der Waals surface area (Å²) >= 11 is 0. The van der Waals surface area contributed by atoms with Crippen LogP contribution in [0.2, 0.25) is 0 Å². The topological polar surface area (TPSA) is 105 Å². The number of nitrogens with zero attached hydrogens (tertiary/aromatic N) is 6. The monoisotopic (exact) mass is 235 g/mol. The van der Waals surface area contributed by atoms with Crippen LogP contribution in [-0.2, 0) is 25.3 Å². The van der Waals surface area contributed by atoms with Gasteiger partial charge in [0, 0.05) is 18.8 Å². The van der Waals surface area contributed by atoms with Crippen molar-refractivity contribution in [2.75, 3.05) is 0 Å². The van der Waals surface area contributed by atoms with Crippen molar-refractivity contribution < 1.29 is 4.79 Å². The molecule has 2 aromatic heterocycles. The van der Waals surface area contributed by atoms with Gasteiger partial charge in [0.1, 0.15) is 0 Å². The van der Waals surface area contributed by atoms with Gasteiger partial charge in [-0.3, -0.25) is 9.48 Å². The molecule has 2 N–H and O–H groups in total. The average molecular weight is 235 g/mol. The van der Waals surface area contributed by atoms with Crippen LogP contribution in [0, 0.1) is 0 Å². The number of nitrogens with two attached hydrogens (primary N) is 1. The maximum absolute atomic E-state index is 11.9. The first-order valence-corrected chi connectivity index (χ1v) is 5.06. The largest absolute Gasteiger partial charge is 0.318 e. The van der Waals surface area contributed by atoms with E-state index in [-0.39, 0.29) is 12.2 Å². The van der Waals surface area contributed by atoms with Crippen molar-refractivity contribution in [2.24, 2.45) is 19.8 Å². The molecule has 8 nitrogen and oxygen atoms in total. The molecule has 0 spiro atoms. The zero-order valence-electron chi connectivity index (χ0n) is 9.61. The molecule has 0 aromatic carbocycles. The molecular formula is C9H13N7O. The van der Waals surface area contributed by atoms with Crippen molar-refractivity contribution in [1.29, 1.82) is 0 Å². The smallest absolute Gasteiger partial charge is 0.182 e. The Morgan fingerprint density at radius 1 is 1.53 bits per heavy atom. The molecule has 0 aliphatic carbocycles. The van der Waals surface area contributed by atoms with Crippen molar-refractivity contribution >= 4 is 5.78 Å². The standard InChI is InChI=1S/C9H13N7O/c1-15-5-6(4-11-15)9(10)7(17)3-8-12-14-16(2)13-8/h4-5,9H,3,10H2,1-2H3. The molecule has 0 bridgehead atoms. The molecular weight excluding hydrogens is 222 g/mol. The molecule has 1 unspecified atom stereocenters. The highest BCUT2D eigenvalue weighted by atomic mass is 16.1. The SMILES string of the molecule is Cn1cc(C(N)C(=O)Cc2nnn(C)n2)cn1. The van der Waals surface area contributed by atoms with E-state index in [9.17, 15) is 4.79 Å². The van der Waals surface area contributed by atoms with E-state index >= 15 is 0 Å². The van der Waals surface area contributed by atoms with Crippen LogP contribution in [0.5, 0.6) is 0 Å². The number of hydrogen-bond donors (Lipinski definition) is 1. The highest BCUT2D eigenvalue weighted by molar-refractivity contribution is 5.86. The Balaban J connectivity index is 2.05. The molecule has 1 atom stereocenters. The Morgan fingerprint density at radius 3 is 2.82 bits per heavy atom. The second-order valence-electron chi connectivity index (χ2n) is 3.76. The highest BCUT2D eigenvalue weighted by Gasteiger charge is 2.19. The lowest BCUT2D eigenvalue weighted by atomic mass is 10.1. The van der Waals surface area contributed by atoms with E-state index in [2.05, 4.69) is 20.5 Å². The predicted octanol–water partition coefficient (Wildman–Crippen LogP) is -1.24. The Kier molecular flexibility index (Phi) is 2.96. The zero-order chi connectivity index (χ0) is 12.4. The molecule has 17 heavy (non-hydrogen) atoms. The lowest BCUT2D eigenvalue weighted by Gasteiger charge is -2.05. The molecule has 0 saturated heterocycles. The fraction of sp³-hybridized carbons (Fsp3) is 0.444. The highest BCUT2D eigenvalue weighted by Crippen LogP contribution is 2.11. The van der Waals surface area contributed by atoms with Crippen LogP contribution in [-0.4, -0.2) is 35.8 Å². The number of Topliss-reactive ketones (excluding diaryl/α,β-unsaturated/α-hetero) is 1. The number of carbonyl (C=O) groups is 1. The van der Waals surface area contributed by atoms with Crippen LogP contribution in [0.4, 0.5) is 0 Å². The van der Waals surface area contributed by atoms with Crippen LogP contribution < -0.4 is 5.73 Å². The van der Waals surface area contributed by atoms with Crippen molar-refractivity contribution in [3.63, 3.8) is 0 Å². The van der Waals surface area contributed by atoms with E-state index in [0.717, 1.165) is 0 Å². The lowest BCUT2D eigenvalue weighted by Crippen LogP contribution is -2.23. The van der Waals surface area contributed by atoms with Crippen molar-refractivity contribution in [3.05, 3.63) is 23.8 Å². The molecule has 2 aromatic rings. The van der Waals surface area contributed by atoms with Gasteiger partial charge in [-0.2, -0.15) is 9.90 Å². The predicted molar refractivity (Wildman–Crippen MR) is 57.6 cm³/mol. The van der Waals surface area contributed by atoms with Gasteiger partial charge in [-0.1, -0.05) is 0 Å². The Bertz CT molecular complexity index is 529. The quantitative estimate of drug-likeness (QED) is 0.710. The van der Waals surface area contributed by atoms with Gasteiger partial charge in [0.25, 0.3) is 0 Å². The summed E-state index contributed by atoms with van der Waals surface area (Å²) in [6, 6.07) is -0.701. The second-order valence-corrected chi connectivity index (χ2v) is 3.76. The van der Waals surface area contributed by atoms with E-state index in [0.29, 0.717) is 11.4 Å². The summed E-state index contributed by atoms with van der Waals surface area (Å²) in [6.07, 6.45) is 3.36. The van der Waals surface area contributed by atoms with Crippen LogP contribution >= 0.6 is 0 Å². The summed E-state index contributed by atoms with van der Waals surface area (Å²) in [5.41, 5.74) is 6.50. The molecule has 0 fully saturated rings. The minimum absolute atomic E-state index is 0.0733. The summed E-state index contributed by atoms with van der Waals surface area (Å²) in [6.45, 7) is 0.